The van der Waals surface area contributed by atoms with Gasteiger partial charge in [-0.25, -0.2) is 9.37 Å². The van der Waals surface area contributed by atoms with Crippen molar-refractivity contribution in [3.05, 3.63) is 36.8 Å². The lowest BCUT2D eigenvalue weighted by Crippen LogP contribution is -2.55. The zero-order valence-electron chi connectivity index (χ0n) is 16.0. The molecule has 2 saturated heterocycles. The average molecular weight is 395 g/mol. The molecule has 0 aliphatic carbocycles. The summed E-state index contributed by atoms with van der Waals surface area (Å²) in [5.41, 5.74) is 2.20. The van der Waals surface area contributed by atoms with E-state index in [0.717, 1.165) is 30.4 Å². The van der Waals surface area contributed by atoms with E-state index in [1.165, 1.54) is 0 Å². The van der Waals surface area contributed by atoms with Crippen molar-refractivity contribution in [1.82, 2.24) is 30.7 Å². The Bertz CT molecular complexity index is 995. The molecule has 2 fully saturated rings. The summed E-state index contributed by atoms with van der Waals surface area (Å²) in [6, 6.07) is 5.31. The fourth-order valence-corrected chi connectivity index (χ4v) is 4.38. The van der Waals surface area contributed by atoms with Crippen LogP contribution < -0.4 is 10.2 Å². The molecular formula is C20H22FN7O. The number of alkyl halides is 1. The molecule has 150 valence electrons. The number of aromatic nitrogens is 5. The van der Waals surface area contributed by atoms with Crippen molar-refractivity contribution in [3.63, 3.8) is 0 Å². The second-order valence-corrected chi connectivity index (χ2v) is 7.76. The van der Waals surface area contributed by atoms with Crippen LogP contribution in [0.2, 0.25) is 0 Å². The maximum absolute atomic E-state index is 14.8. The van der Waals surface area contributed by atoms with Gasteiger partial charge in [-0.05, 0) is 37.0 Å². The van der Waals surface area contributed by atoms with Crippen LogP contribution in [0.3, 0.4) is 0 Å². The second kappa shape index (κ2) is 7.07. The number of phenols is 1. The third-order valence-electron chi connectivity index (χ3n) is 6.03. The van der Waals surface area contributed by atoms with Crippen LogP contribution in [0.4, 0.5) is 10.2 Å². The number of aromatic amines is 1. The lowest BCUT2D eigenvalue weighted by Gasteiger charge is -2.38. The molecule has 29 heavy (non-hydrogen) atoms. The van der Waals surface area contributed by atoms with E-state index in [0.29, 0.717) is 23.2 Å². The van der Waals surface area contributed by atoms with Gasteiger partial charge in [-0.1, -0.05) is 6.07 Å². The highest BCUT2D eigenvalue weighted by atomic mass is 19.1. The van der Waals surface area contributed by atoms with Crippen LogP contribution in [0.1, 0.15) is 19.3 Å². The van der Waals surface area contributed by atoms with Crippen LogP contribution in [-0.4, -0.2) is 61.8 Å². The topological polar surface area (TPSA) is 103 Å². The van der Waals surface area contributed by atoms with E-state index in [1.807, 2.05) is 18.0 Å². The first kappa shape index (κ1) is 18.0. The first-order valence-electron chi connectivity index (χ1n) is 9.75. The molecule has 3 N–H and O–H groups in total. The van der Waals surface area contributed by atoms with Gasteiger partial charge in [0.05, 0.1) is 24.0 Å². The maximum atomic E-state index is 14.8. The second-order valence-electron chi connectivity index (χ2n) is 7.76. The number of aromatic hydroxyl groups is 1. The number of anilines is 1. The van der Waals surface area contributed by atoms with Crippen molar-refractivity contribution in [2.75, 3.05) is 11.9 Å². The number of halogens is 1. The number of nitrogens with one attached hydrogen (secondary N) is 2. The number of fused-ring (bicyclic) bond motifs is 2. The lowest BCUT2D eigenvalue weighted by atomic mass is 9.96. The normalized spacial score (nSPS) is 25.9. The predicted octanol–water partition coefficient (Wildman–Crippen LogP) is 2.30. The van der Waals surface area contributed by atoms with Crippen molar-refractivity contribution < 1.29 is 9.50 Å². The number of hydrogen-bond acceptors (Lipinski definition) is 7. The molecule has 4 heterocycles. The summed E-state index contributed by atoms with van der Waals surface area (Å²) in [4.78, 5) is 6.20. The molecule has 5 rings (SSSR count). The molecule has 1 aromatic carbocycles. The van der Waals surface area contributed by atoms with Gasteiger partial charge in [-0.2, -0.15) is 5.10 Å². The molecule has 2 aliphatic rings. The number of phenolic OH excluding ortho intramolecular Hbond substituents is 1. The molecule has 0 radical (unpaired) electrons. The Hall–Kier alpha value is -3.07. The summed E-state index contributed by atoms with van der Waals surface area (Å²) < 4.78 is 14.8. The summed E-state index contributed by atoms with van der Waals surface area (Å²) in [6.07, 6.45) is 6.72. The molecule has 3 aromatic rings. The van der Waals surface area contributed by atoms with Crippen molar-refractivity contribution >= 4 is 5.82 Å². The van der Waals surface area contributed by atoms with E-state index in [2.05, 4.69) is 30.7 Å². The molecule has 0 saturated carbocycles. The summed E-state index contributed by atoms with van der Waals surface area (Å²) in [7, 11) is 1.84. The van der Waals surface area contributed by atoms with E-state index in [-0.39, 0.29) is 17.8 Å². The fourth-order valence-electron chi connectivity index (χ4n) is 4.38. The van der Waals surface area contributed by atoms with Crippen LogP contribution in [0.5, 0.6) is 5.75 Å². The smallest absolute Gasteiger partial charge is 0.185 e. The quantitative estimate of drug-likeness (QED) is 0.623. The summed E-state index contributed by atoms with van der Waals surface area (Å²) in [5.74, 6) is 0.906. The van der Waals surface area contributed by atoms with Crippen LogP contribution >= 0.6 is 0 Å². The Kier molecular flexibility index (Phi) is 4.39. The number of piperidine rings is 1. The molecule has 4 atom stereocenters. The van der Waals surface area contributed by atoms with Crippen LogP contribution in [-0.2, 0) is 0 Å². The number of hydrogen-bond donors (Lipinski definition) is 3. The zero-order valence-corrected chi connectivity index (χ0v) is 16.0. The van der Waals surface area contributed by atoms with Gasteiger partial charge in [-0.15, -0.1) is 10.2 Å². The number of rotatable bonds is 4. The predicted molar refractivity (Wildman–Crippen MR) is 106 cm³/mol. The first-order chi connectivity index (χ1) is 14.1. The standard InChI is InChI=1S/C20H22FN7O/c1-28(16-7-13-3-5-15(25-13)19(16)21)18-10-22-20(27-26-18)14-4-2-11(6-17(14)29)12-8-23-24-9-12/h2,4,6,8-10,13,15-16,19,25,29H,3,5,7H2,1H3,(H,23,24)/t13-,15+,16-,19+/m1/s1. The van der Waals surface area contributed by atoms with Crippen molar-refractivity contribution in [2.24, 2.45) is 0 Å². The highest BCUT2D eigenvalue weighted by Crippen LogP contribution is 2.34. The van der Waals surface area contributed by atoms with Crippen molar-refractivity contribution in [1.29, 1.82) is 0 Å². The van der Waals surface area contributed by atoms with E-state index in [1.54, 1.807) is 30.7 Å². The van der Waals surface area contributed by atoms with Gasteiger partial charge in [0, 0.05) is 30.9 Å². The Morgan fingerprint density at radius 1 is 1.17 bits per heavy atom. The third kappa shape index (κ3) is 3.21. The largest absolute Gasteiger partial charge is 0.507 e. The van der Waals surface area contributed by atoms with E-state index < -0.39 is 6.17 Å². The SMILES string of the molecule is CN(c1cnc(-c2ccc(-c3cn[nH]c3)cc2O)nn1)[C@@H]1C[C@H]2CC[C@H](N2)[C@@H]1F. The highest BCUT2D eigenvalue weighted by molar-refractivity contribution is 5.72. The van der Waals surface area contributed by atoms with E-state index in [4.69, 9.17) is 0 Å². The first-order valence-corrected chi connectivity index (χ1v) is 9.75. The number of nitrogens with zero attached hydrogens (tertiary/aromatic N) is 5. The van der Waals surface area contributed by atoms with Gasteiger partial charge in [0.25, 0.3) is 0 Å². The minimum atomic E-state index is -0.945. The lowest BCUT2D eigenvalue weighted by molar-refractivity contribution is 0.176. The fraction of sp³-hybridized carbons (Fsp3) is 0.400. The molecule has 0 amide bonds. The third-order valence-corrected chi connectivity index (χ3v) is 6.03. The number of H-pyrrole nitrogens is 1. The van der Waals surface area contributed by atoms with Gasteiger partial charge in [0.15, 0.2) is 11.6 Å². The highest BCUT2D eigenvalue weighted by Gasteiger charge is 2.43. The summed E-state index contributed by atoms with van der Waals surface area (Å²) >= 11 is 0. The van der Waals surface area contributed by atoms with E-state index >= 15 is 0 Å². The van der Waals surface area contributed by atoms with Crippen LogP contribution in [0.15, 0.2) is 36.8 Å². The van der Waals surface area contributed by atoms with Gasteiger partial charge >= 0.3 is 0 Å². The van der Waals surface area contributed by atoms with Gasteiger partial charge < -0.3 is 15.3 Å². The van der Waals surface area contributed by atoms with Crippen LogP contribution in [0, 0.1) is 0 Å². The monoisotopic (exact) mass is 395 g/mol. The molecule has 8 nitrogen and oxygen atoms in total. The van der Waals surface area contributed by atoms with E-state index in [9.17, 15) is 9.50 Å². The molecule has 0 spiro atoms. The molecule has 2 aliphatic heterocycles. The van der Waals surface area contributed by atoms with Crippen LogP contribution in [0.25, 0.3) is 22.5 Å². The maximum Gasteiger partial charge on any atom is 0.185 e. The van der Waals surface area contributed by atoms with Crippen molar-refractivity contribution in [2.45, 2.75) is 43.6 Å². The van der Waals surface area contributed by atoms with Gasteiger partial charge in [-0.3, -0.25) is 5.10 Å². The average Bonchev–Trinajstić information content (AvgIpc) is 3.41. The Balaban J connectivity index is 1.36. The minimum Gasteiger partial charge on any atom is -0.507 e. The Morgan fingerprint density at radius 3 is 2.79 bits per heavy atom. The molecule has 0 unspecified atom stereocenters. The Morgan fingerprint density at radius 2 is 2.07 bits per heavy atom. The summed E-state index contributed by atoms with van der Waals surface area (Å²) in [5, 5.41) is 28.9. The van der Waals surface area contributed by atoms with Gasteiger partial charge in [0.1, 0.15) is 11.9 Å². The molecule has 2 bridgehead atoms. The summed E-state index contributed by atoms with van der Waals surface area (Å²) in [6.45, 7) is 0. The molecule has 2 aromatic heterocycles. The van der Waals surface area contributed by atoms with Crippen molar-refractivity contribution in [3.8, 4) is 28.3 Å². The number of benzene rings is 1. The Labute approximate surface area is 167 Å². The zero-order chi connectivity index (χ0) is 20.0. The molecular weight excluding hydrogens is 373 g/mol. The van der Waals surface area contributed by atoms with Gasteiger partial charge in [0.2, 0.25) is 0 Å². The molecule has 9 heteroatoms. The minimum absolute atomic E-state index is 0.0605.